The van der Waals surface area contributed by atoms with Crippen molar-refractivity contribution in [3.63, 3.8) is 0 Å². The molecular weight excluding hydrogens is 404 g/mol. The lowest BCUT2D eigenvalue weighted by Gasteiger charge is -2.08. The third-order valence-electron chi connectivity index (χ3n) is 4.00. The highest BCUT2D eigenvalue weighted by Gasteiger charge is 2.07. The van der Waals surface area contributed by atoms with Gasteiger partial charge in [0.25, 0.3) is 5.91 Å². The van der Waals surface area contributed by atoms with Gasteiger partial charge in [-0.3, -0.25) is 4.79 Å². The van der Waals surface area contributed by atoms with E-state index in [4.69, 9.17) is 21.1 Å². The van der Waals surface area contributed by atoms with Crippen molar-refractivity contribution in [1.82, 2.24) is 5.43 Å². The maximum atomic E-state index is 12.0. The summed E-state index contributed by atoms with van der Waals surface area (Å²) in [5.41, 5.74) is 4.43. The van der Waals surface area contributed by atoms with E-state index in [1.165, 1.54) is 6.21 Å². The van der Waals surface area contributed by atoms with Crippen LogP contribution >= 0.6 is 11.6 Å². The minimum absolute atomic E-state index is 0.172. The zero-order valence-electron chi connectivity index (χ0n) is 16.2. The summed E-state index contributed by atoms with van der Waals surface area (Å²) < 4.78 is 10.8. The second-order valence-corrected chi connectivity index (χ2v) is 6.75. The Morgan fingerprint density at radius 1 is 1.03 bits per heavy atom. The predicted octanol–water partition coefficient (Wildman–Crippen LogP) is 4.40. The van der Waals surface area contributed by atoms with Crippen LogP contribution in [0.4, 0.5) is 0 Å². The fourth-order valence-electron chi connectivity index (χ4n) is 2.49. The monoisotopic (exact) mass is 422 g/mol. The van der Waals surface area contributed by atoms with Gasteiger partial charge >= 0.3 is 5.97 Å². The minimum Gasteiger partial charge on any atom is -0.483 e. The third-order valence-corrected chi connectivity index (χ3v) is 4.23. The Labute approximate surface area is 179 Å². The highest BCUT2D eigenvalue weighted by molar-refractivity contribution is 6.30. The number of hydrazone groups is 1. The molecule has 0 fully saturated rings. The number of nitrogens with zero attached hydrogens (tertiary/aromatic N) is 1. The molecule has 3 rings (SSSR count). The van der Waals surface area contributed by atoms with Crippen molar-refractivity contribution >= 4 is 29.7 Å². The lowest BCUT2D eigenvalue weighted by Crippen LogP contribution is -2.24. The molecule has 0 saturated carbocycles. The number of benzene rings is 3. The molecule has 0 aliphatic carbocycles. The Bertz CT molecular complexity index is 1050. The number of carbonyl (C=O) groups excluding carboxylic acids is 2. The molecule has 1 amide bonds. The molecule has 6 nitrogen and oxygen atoms in total. The van der Waals surface area contributed by atoms with E-state index in [9.17, 15) is 9.59 Å². The van der Waals surface area contributed by atoms with Crippen LogP contribution in [0, 0.1) is 6.92 Å². The molecule has 3 aromatic rings. The number of hydrogen-bond donors (Lipinski definition) is 1. The lowest BCUT2D eigenvalue weighted by atomic mass is 10.2. The summed E-state index contributed by atoms with van der Waals surface area (Å²) in [5, 5.41) is 4.50. The predicted molar refractivity (Wildman–Crippen MR) is 115 cm³/mol. The fourth-order valence-corrected chi connectivity index (χ4v) is 2.72. The summed E-state index contributed by atoms with van der Waals surface area (Å²) in [6.45, 7) is 1.67. The summed E-state index contributed by atoms with van der Waals surface area (Å²) >= 11 is 5.89. The van der Waals surface area contributed by atoms with Crippen molar-refractivity contribution in [2.24, 2.45) is 5.10 Å². The van der Waals surface area contributed by atoms with Gasteiger partial charge in [0.05, 0.1) is 11.8 Å². The lowest BCUT2D eigenvalue weighted by molar-refractivity contribution is -0.123. The maximum absolute atomic E-state index is 12.0. The highest BCUT2D eigenvalue weighted by atomic mass is 35.5. The van der Waals surface area contributed by atoms with Crippen molar-refractivity contribution < 1.29 is 19.1 Å². The Morgan fingerprint density at radius 2 is 1.77 bits per heavy atom. The Balaban J connectivity index is 1.46. The molecular formula is C23H19ClN2O4. The summed E-state index contributed by atoms with van der Waals surface area (Å²) in [6.07, 6.45) is 1.48. The van der Waals surface area contributed by atoms with E-state index < -0.39 is 11.9 Å². The first-order valence-electron chi connectivity index (χ1n) is 9.09. The van der Waals surface area contributed by atoms with Crippen molar-refractivity contribution in [2.45, 2.75) is 6.92 Å². The molecule has 1 N–H and O–H groups in total. The molecule has 0 unspecified atom stereocenters. The van der Waals surface area contributed by atoms with Crippen molar-refractivity contribution in [1.29, 1.82) is 0 Å². The van der Waals surface area contributed by atoms with Crippen LogP contribution in [0.25, 0.3) is 0 Å². The van der Waals surface area contributed by atoms with E-state index >= 15 is 0 Å². The highest BCUT2D eigenvalue weighted by Crippen LogP contribution is 2.21. The molecule has 0 aliphatic rings. The van der Waals surface area contributed by atoms with Gasteiger partial charge in [0, 0.05) is 5.02 Å². The van der Waals surface area contributed by atoms with E-state index in [1.807, 2.05) is 13.0 Å². The number of hydrogen-bond acceptors (Lipinski definition) is 5. The number of ether oxygens (including phenoxy) is 2. The first-order valence-corrected chi connectivity index (χ1v) is 9.47. The number of nitrogens with one attached hydrogen (secondary N) is 1. The molecule has 7 heteroatoms. The smallest absolute Gasteiger partial charge is 0.343 e. The molecule has 0 spiro atoms. The van der Waals surface area contributed by atoms with Crippen LogP contribution in [0.15, 0.2) is 77.9 Å². The second-order valence-electron chi connectivity index (χ2n) is 6.32. The van der Waals surface area contributed by atoms with Gasteiger partial charge in [-0.05, 0) is 72.6 Å². The Morgan fingerprint density at radius 3 is 2.47 bits per heavy atom. The van der Waals surface area contributed by atoms with E-state index in [0.717, 1.165) is 11.1 Å². The fraction of sp³-hybridized carbons (Fsp3) is 0.0870. The first kappa shape index (κ1) is 21.1. The maximum Gasteiger partial charge on any atom is 0.343 e. The molecule has 0 radical (unpaired) electrons. The zero-order valence-corrected chi connectivity index (χ0v) is 16.9. The van der Waals surface area contributed by atoms with E-state index in [0.29, 0.717) is 22.1 Å². The van der Waals surface area contributed by atoms with Gasteiger partial charge < -0.3 is 9.47 Å². The average Bonchev–Trinajstić information content (AvgIpc) is 2.75. The number of aryl methyl sites for hydroxylation is 1. The van der Waals surface area contributed by atoms with Gasteiger partial charge in [0.15, 0.2) is 6.61 Å². The van der Waals surface area contributed by atoms with Crippen LogP contribution in [-0.2, 0) is 4.79 Å². The number of rotatable bonds is 7. The van der Waals surface area contributed by atoms with E-state index in [1.54, 1.807) is 66.7 Å². The van der Waals surface area contributed by atoms with Crippen molar-refractivity contribution in [2.75, 3.05) is 6.61 Å². The molecule has 0 atom stereocenters. The molecule has 30 heavy (non-hydrogen) atoms. The third kappa shape index (κ3) is 6.18. The molecule has 3 aromatic carbocycles. The standard InChI is InChI=1S/C23H19ClN2O4/c1-16-13-19(24)9-12-21(16)29-15-22(27)26-25-14-17-7-10-20(11-8-17)30-23(28)18-5-3-2-4-6-18/h2-14H,15H2,1H3,(H,26,27). The SMILES string of the molecule is Cc1cc(Cl)ccc1OCC(=O)NN=Cc1ccc(OC(=O)c2ccccc2)cc1. The van der Waals surface area contributed by atoms with Crippen LogP contribution in [0.1, 0.15) is 21.5 Å². The molecule has 0 aromatic heterocycles. The molecule has 0 aliphatic heterocycles. The van der Waals surface area contributed by atoms with Gasteiger partial charge in [-0.2, -0.15) is 5.10 Å². The van der Waals surface area contributed by atoms with E-state index in [-0.39, 0.29) is 6.61 Å². The number of amides is 1. The van der Waals surface area contributed by atoms with Crippen molar-refractivity contribution in [3.8, 4) is 11.5 Å². The first-order chi connectivity index (χ1) is 14.5. The largest absolute Gasteiger partial charge is 0.483 e. The Hall–Kier alpha value is -3.64. The summed E-state index contributed by atoms with van der Waals surface area (Å²) in [5.74, 6) is 0.171. The zero-order chi connectivity index (χ0) is 21.3. The second kappa shape index (κ2) is 10.2. The molecule has 152 valence electrons. The molecule has 0 heterocycles. The topological polar surface area (TPSA) is 77.0 Å². The Kier molecular flexibility index (Phi) is 7.19. The summed E-state index contributed by atoms with van der Waals surface area (Å²) in [6, 6.07) is 20.6. The number of esters is 1. The average molecular weight is 423 g/mol. The van der Waals surface area contributed by atoms with Gasteiger partial charge in [-0.15, -0.1) is 0 Å². The molecule has 0 bridgehead atoms. The van der Waals surface area contributed by atoms with Gasteiger partial charge in [-0.1, -0.05) is 29.8 Å². The minimum atomic E-state index is -0.430. The van der Waals surface area contributed by atoms with Gasteiger partial charge in [-0.25, -0.2) is 10.2 Å². The van der Waals surface area contributed by atoms with Gasteiger partial charge in [0.2, 0.25) is 0 Å². The van der Waals surface area contributed by atoms with Crippen LogP contribution in [0.3, 0.4) is 0 Å². The molecule has 0 saturated heterocycles. The van der Waals surface area contributed by atoms with E-state index in [2.05, 4.69) is 10.5 Å². The summed E-state index contributed by atoms with van der Waals surface area (Å²) in [4.78, 5) is 23.9. The van der Waals surface area contributed by atoms with Crippen LogP contribution in [-0.4, -0.2) is 24.7 Å². The van der Waals surface area contributed by atoms with Crippen LogP contribution in [0.2, 0.25) is 5.02 Å². The quantitative estimate of drug-likeness (QED) is 0.265. The normalized spacial score (nSPS) is 10.6. The van der Waals surface area contributed by atoms with Crippen LogP contribution < -0.4 is 14.9 Å². The number of carbonyl (C=O) groups is 2. The summed E-state index contributed by atoms with van der Waals surface area (Å²) in [7, 11) is 0. The van der Waals surface area contributed by atoms with Crippen molar-refractivity contribution in [3.05, 3.63) is 94.5 Å². The van der Waals surface area contributed by atoms with Gasteiger partial charge in [0.1, 0.15) is 11.5 Å². The number of halogens is 1. The van der Waals surface area contributed by atoms with Crippen LogP contribution in [0.5, 0.6) is 11.5 Å².